The van der Waals surface area contributed by atoms with Gasteiger partial charge in [0.1, 0.15) is 5.75 Å². The summed E-state index contributed by atoms with van der Waals surface area (Å²) in [6.45, 7) is 0. The standard InChI is InChI=1S/C15H10ClNO/c16-12-4-1-10(2-5-12)14-7-3-11-9-13(18)6-8-15(11)17-14/h1-9,18H. The molecule has 0 bridgehead atoms. The summed E-state index contributed by atoms with van der Waals surface area (Å²) in [5, 5.41) is 11.0. The summed E-state index contributed by atoms with van der Waals surface area (Å²) >= 11 is 5.86. The topological polar surface area (TPSA) is 33.1 Å². The van der Waals surface area contributed by atoms with Crippen molar-refractivity contribution >= 4 is 22.5 Å². The average molecular weight is 256 g/mol. The molecule has 88 valence electrons. The molecule has 0 spiro atoms. The Labute approximate surface area is 109 Å². The third kappa shape index (κ3) is 2.03. The minimum Gasteiger partial charge on any atom is -0.508 e. The number of phenols is 1. The number of fused-ring (bicyclic) bond motifs is 1. The quantitative estimate of drug-likeness (QED) is 0.705. The van der Waals surface area contributed by atoms with Crippen LogP contribution in [-0.2, 0) is 0 Å². The Kier molecular flexibility index (Phi) is 2.65. The van der Waals surface area contributed by atoms with Crippen molar-refractivity contribution in [3.05, 3.63) is 59.6 Å². The Hall–Kier alpha value is -2.06. The van der Waals surface area contributed by atoms with Gasteiger partial charge in [-0.1, -0.05) is 29.8 Å². The number of benzene rings is 2. The Morgan fingerprint density at radius 1 is 0.889 bits per heavy atom. The van der Waals surface area contributed by atoms with Gasteiger partial charge < -0.3 is 5.11 Å². The van der Waals surface area contributed by atoms with Gasteiger partial charge in [0.05, 0.1) is 11.2 Å². The van der Waals surface area contributed by atoms with Crippen LogP contribution < -0.4 is 0 Å². The van der Waals surface area contributed by atoms with Crippen molar-refractivity contribution in [2.24, 2.45) is 0 Å². The second kappa shape index (κ2) is 4.31. The van der Waals surface area contributed by atoms with Crippen LogP contribution in [0.1, 0.15) is 0 Å². The van der Waals surface area contributed by atoms with Gasteiger partial charge in [-0.25, -0.2) is 4.98 Å². The summed E-state index contributed by atoms with van der Waals surface area (Å²) in [6, 6.07) is 16.6. The molecule has 0 amide bonds. The Bertz CT molecular complexity index is 707. The van der Waals surface area contributed by atoms with Gasteiger partial charge in [-0.3, -0.25) is 0 Å². The minimum absolute atomic E-state index is 0.253. The van der Waals surface area contributed by atoms with Crippen molar-refractivity contribution in [1.82, 2.24) is 4.98 Å². The normalized spacial score (nSPS) is 10.7. The van der Waals surface area contributed by atoms with E-state index < -0.39 is 0 Å². The predicted octanol–water partition coefficient (Wildman–Crippen LogP) is 4.26. The van der Waals surface area contributed by atoms with E-state index in [2.05, 4.69) is 4.98 Å². The molecular formula is C15H10ClNO. The molecular weight excluding hydrogens is 246 g/mol. The van der Waals surface area contributed by atoms with Crippen LogP contribution >= 0.6 is 11.6 Å². The first-order valence-corrected chi connectivity index (χ1v) is 5.96. The molecule has 3 heteroatoms. The van der Waals surface area contributed by atoms with Gasteiger partial charge >= 0.3 is 0 Å². The largest absolute Gasteiger partial charge is 0.508 e. The van der Waals surface area contributed by atoms with E-state index in [1.807, 2.05) is 42.5 Å². The number of nitrogens with zero attached hydrogens (tertiary/aromatic N) is 1. The van der Waals surface area contributed by atoms with E-state index in [-0.39, 0.29) is 5.75 Å². The fourth-order valence-corrected chi connectivity index (χ4v) is 2.02. The summed E-state index contributed by atoms with van der Waals surface area (Å²) in [5.74, 6) is 0.253. The molecule has 1 heterocycles. The van der Waals surface area contributed by atoms with Gasteiger partial charge in [-0.15, -0.1) is 0 Å². The van der Waals surface area contributed by atoms with Gasteiger partial charge in [0.25, 0.3) is 0 Å². The third-order valence-corrected chi connectivity index (χ3v) is 3.06. The zero-order chi connectivity index (χ0) is 12.5. The smallest absolute Gasteiger partial charge is 0.116 e. The number of pyridine rings is 1. The molecule has 3 rings (SSSR count). The van der Waals surface area contributed by atoms with E-state index in [9.17, 15) is 5.11 Å². The maximum atomic E-state index is 9.40. The summed E-state index contributed by atoms with van der Waals surface area (Å²) < 4.78 is 0. The summed E-state index contributed by atoms with van der Waals surface area (Å²) in [7, 11) is 0. The molecule has 1 aromatic heterocycles. The number of phenolic OH excluding ortho intramolecular Hbond substituents is 1. The first-order chi connectivity index (χ1) is 8.72. The fourth-order valence-electron chi connectivity index (χ4n) is 1.89. The van der Waals surface area contributed by atoms with Crippen molar-refractivity contribution < 1.29 is 5.11 Å². The Balaban J connectivity index is 2.13. The average Bonchev–Trinajstić information content (AvgIpc) is 2.39. The number of hydrogen-bond donors (Lipinski definition) is 1. The first-order valence-electron chi connectivity index (χ1n) is 5.58. The van der Waals surface area contributed by atoms with E-state index in [1.54, 1.807) is 12.1 Å². The van der Waals surface area contributed by atoms with Crippen LogP contribution in [-0.4, -0.2) is 10.1 Å². The maximum Gasteiger partial charge on any atom is 0.116 e. The van der Waals surface area contributed by atoms with Crippen LogP contribution in [0.4, 0.5) is 0 Å². The van der Waals surface area contributed by atoms with E-state index in [0.29, 0.717) is 5.02 Å². The summed E-state index contributed by atoms with van der Waals surface area (Å²) in [6.07, 6.45) is 0. The van der Waals surface area contributed by atoms with Crippen molar-refractivity contribution in [3.63, 3.8) is 0 Å². The molecule has 2 aromatic carbocycles. The van der Waals surface area contributed by atoms with Gasteiger partial charge in [0, 0.05) is 16.0 Å². The van der Waals surface area contributed by atoms with Crippen LogP contribution in [0.3, 0.4) is 0 Å². The summed E-state index contributed by atoms with van der Waals surface area (Å²) in [5.41, 5.74) is 2.78. The lowest BCUT2D eigenvalue weighted by molar-refractivity contribution is 0.476. The van der Waals surface area contributed by atoms with Crippen LogP contribution in [0, 0.1) is 0 Å². The molecule has 3 aromatic rings. The lowest BCUT2D eigenvalue weighted by atomic mass is 10.1. The van der Waals surface area contributed by atoms with Crippen molar-refractivity contribution in [3.8, 4) is 17.0 Å². The number of aromatic nitrogens is 1. The SMILES string of the molecule is Oc1ccc2nc(-c3ccc(Cl)cc3)ccc2c1. The molecule has 0 aliphatic rings. The highest BCUT2D eigenvalue weighted by atomic mass is 35.5. The van der Waals surface area contributed by atoms with Crippen LogP contribution in [0.5, 0.6) is 5.75 Å². The molecule has 0 aliphatic carbocycles. The van der Waals surface area contributed by atoms with Gasteiger partial charge in [0.2, 0.25) is 0 Å². The highest BCUT2D eigenvalue weighted by molar-refractivity contribution is 6.30. The zero-order valence-electron chi connectivity index (χ0n) is 9.47. The second-order valence-electron chi connectivity index (χ2n) is 4.08. The Morgan fingerprint density at radius 2 is 1.67 bits per heavy atom. The lowest BCUT2D eigenvalue weighted by Crippen LogP contribution is -1.84. The van der Waals surface area contributed by atoms with E-state index in [1.165, 1.54) is 0 Å². The van der Waals surface area contributed by atoms with Gasteiger partial charge in [-0.05, 0) is 36.4 Å². The minimum atomic E-state index is 0.253. The molecule has 0 atom stereocenters. The highest BCUT2D eigenvalue weighted by Gasteiger charge is 2.02. The molecule has 1 N–H and O–H groups in total. The molecule has 0 saturated carbocycles. The predicted molar refractivity (Wildman–Crippen MR) is 73.9 cm³/mol. The molecule has 0 aliphatic heterocycles. The third-order valence-electron chi connectivity index (χ3n) is 2.81. The Morgan fingerprint density at radius 3 is 2.44 bits per heavy atom. The molecule has 2 nitrogen and oxygen atoms in total. The molecule has 0 saturated heterocycles. The number of aromatic hydroxyl groups is 1. The van der Waals surface area contributed by atoms with Crippen LogP contribution in [0.15, 0.2) is 54.6 Å². The van der Waals surface area contributed by atoms with Crippen LogP contribution in [0.25, 0.3) is 22.2 Å². The van der Waals surface area contributed by atoms with E-state index in [0.717, 1.165) is 22.2 Å². The first kappa shape index (κ1) is 11.1. The molecule has 18 heavy (non-hydrogen) atoms. The monoisotopic (exact) mass is 255 g/mol. The van der Waals surface area contributed by atoms with Crippen molar-refractivity contribution in [2.75, 3.05) is 0 Å². The van der Waals surface area contributed by atoms with Gasteiger partial charge in [-0.2, -0.15) is 0 Å². The zero-order valence-corrected chi connectivity index (χ0v) is 10.2. The van der Waals surface area contributed by atoms with E-state index >= 15 is 0 Å². The van der Waals surface area contributed by atoms with E-state index in [4.69, 9.17) is 11.6 Å². The molecule has 0 unspecified atom stereocenters. The lowest BCUT2D eigenvalue weighted by Gasteiger charge is -2.04. The fraction of sp³-hybridized carbons (Fsp3) is 0. The molecule has 0 fully saturated rings. The number of hydrogen-bond acceptors (Lipinski definition) is 2. The second-order valence-corrected chi connectivity index (χ2v) is 4.52. The highest BCUT2D eigenvalue weighted by Crippen LogP contribution is 2.24. The molecule has 0 radical (unpaired) electrons. The number of rotatable bonds is 1. The van der Waals surface area contributed by atoms with Crippen LogP contribution in [0.2, 0.25) is 5.02 Å². The maximum absolute atomic E-state index is 9.40. The summed E-state index contributed by atoms with van der Waals surface area (Å²) in [4.78, 5) is 4.56. The number of halogens is 1. The van der Waals surface area contributed by atoms with Crippen molar-refractivity contribution in [2.45, 2.75) is 0 Å². The van der Waals surface area contributed by atoms with Crippen molar-refractivity contribution in [1.29, 1.82) is 0 Å². The van der Waals surface area contributed by atoms with Gasteiger partial charge in [0.15, 0.2) is 0 Å².